The van der Waals surface area contributed by atoms with Crippen LogP contribution in [0.15, 0.2) is 0 Å². The number of epoxide rings is 1. The molecule has 0 aromatic carbocycles. The third-order valence-electron chi connectivity index (χ3n) is 1.76. The molecule has 46 valence electrons. The molecule has 0 bridgehead atoms. The standard InChI is InChI=1S/C6H10O2/c1-4-2-3-5-6(7-4)8-5/h4-6H,2-3H2,1H3/t4-,5?,6?/m1/s1. The van der Waals surface area contributed by atoms with Crippen molar-refractivity contribution in [3.05, 3.63) is 0 Å². The van der Waals surface area contributed by atoms with Gasteiger partial charge in [0.2, 0.25) is 0 Å². The molecule has 0 aromatic rings. The predicted octanol–water partition coefficient (Wildman–Crippen LogP) is 0.910. The first-order valence-corrected chi connectivity index (χ1v) is 3.17. The molecule has 0 amide bonds. The molecule has 2 nitrogen and oxygen atoms in total. The summed E-state index contributed by atoms with van der Waals surface area (Å²) < 4.78 is 10.5. The van der Waals surface area contributed by atoms with Crippen molar-refractivity contribution in [2.75, 3.05) is 0 Å². The van der Waals surface area contributed by atoms with Crippen LogP contribution in [0.4, 0.5) is 0 Å². The molecule has 2 unspecified atom stereocenters. The Kier molecular flexibility index (Phi) is 0.866. The van der Waals surface area contributed by atoms with E-state index in [9.17, 15) is 0 Å². The Labute approximate surface area is 48.8 Å². The van der Waals surface area contributed by atoms with Crippen molar-refractivity contribution in [3.63, 3.8) is 0 Å². The lowest BCUT2D eigenvalue weighted by atomic mass is 10.1. The molecule has 8 heavy (non-hydrogen) atoms. The van der Waals surface area contributed by atoms with Gasteiger partial charge in [0.15, 0.2) is 6.29 Å². The lowest BCUT2D eigenvalue weighted by molar-refractivity contribution is -0.0107. The van der Waals surface area contributed by atoms with Crippen molar-refractivity contribution in [2.45, 2.75) is 38.3 Å². The summed E-state index contributed by atoms with van der Waals surface area (Å²) in [6.45, 7) is 2.10. The van der Waals surface area contributed by atoms with Crippen LogP contribution in [0.1, 0.15) is 19.8 Å². The highest BCUT2D eigenvalue weighted by molar-refractivity contribution is 4.82. The zero-order valence-electron chi connectivity index (χ0n) is 4.96. The van der Waals surface area contributed by atoms with Crippen molar-refractivity contribution >= 4 is 0 Å². The minimum Gasteiger partial charge on any atom is -0.347 e. The molecular formula is C6H10O2. The van der Waals surface area contributed by atoms with Crippen LogP contribution in [0.5, 0.6) is 0 Å². The first kappa shape index (κ1) is 4.77. The molecule has 0 radical (unpaired) electrons. The number of fused-ring (bicyclic) bond motifs is 1. The van der Waals surface area contributed by atoms with Gasteiger partial charge in [0.25, 0.3) is 0 Å². The smallest absolute Gasteiger partial charge is 0.184 e. The third kappa shape index (κ3) is 0.644. The second-order valence-corrected chi connectivity index (χ2v) is 2.57. The van der Waals surface area contributed by atoms with Crippen molar-refractivity contribution < 1.29 is 9.47 Å². The Morgan fingerprint density at radius 1 is 1.25 bits per heavy atom. The fourth-order valence-electron chi connectivity index (χ4n) is 1.15. The highest BCUT2D eigenvalue weighted by atomic mass is 16.8. The van der Waals surface area contributed by atoms with Gasteiger partial charge in [0.1, 0.15) is 6.10 Å². The van der Waals surface area contributed by atoms with Gasteiger partial charge in [0, 0.05) is 0 Å². The Balaban J connectivity index is 1.93. The Morgan fingerprint density at radius 3 is 2.75 bits per heavy atom. The number of hydrogen-bond donors (Lipinski definition) is 0. The second kappa shape index (κ2) is 1.45. The summed E-state index contributed by atoms with van der Waals surface area (Å²) in [5.41, 5.74) is 0. The van der Waals surface area contributed by atoms with Gasteiger partial charge in [-0.1, -0.05) is 0 Å². The van der Waals surface area contributed by atoms with Gasteiger partial charge in [-0.05, 0) is 19.8 Å². The average Bonchev–Trinajstić information content (AvgIpc) is 2.43. The highest BCUT2D eigenvalue weighted by Gasteiger charge is 2.44. The summed E-state index contributed by atoms with van der Waals surface area (Å²) in [5.74, 6) is 0. The maximum Gasteiger partial charge on any atom is 0.184 e. The van der Waals surface area contributed by atoms with Crippen LogP contribution in [-0.2, 0) is 9.47 Å². The van der Waals surface area contributed by atoms with Crippen molar-refractivity contribution in [3.8, 4) is 0 Å². The predicted molar refractivity (Wildman–Crippen MR) is 28.4 cm³/mol. The van der Waals surface area contributed by atoms with Gasteiger partial charge in [-0.3, -0.25) is 0 Å². The summed E-state index contributed by atoms with van der Waals surface area (Å²) in [5, 5.41) is 0. The van der Waals surface area contributed by atoms with E-state index >= 15 is 0 Å². The van der Waals surface area contributed by atoms with E-state index in [1.54, 1.807) is 0 Å². The van der Waals surface area contributed by atoms with Crippen LogP contribution in [-0.4, -0.2) is 18.5 Å². The molecule has 2 heteroatoms. The molecule has 0 spiro atoms. The third-order valence-corrected chi connectivity index (χ3v) is 1.76. The summed E-state index contributed by atoms with van der Waals surface area (Å²) in [4.78, 5) is 0. The molecule has 2 aliphatic rings. The number of ether oxygens (including phenoxy) is 2. The van der Waals surface area contributed by atoms with Crippen molar-refractivity contribution in [2.24, 2.45) is 0 Å². The molecule has 2 heterocycles. The van der Waals surface area contributed by atoms with Crippen LogP contribution in [0, 0.1) is 0 Å². The largest absolute Gasteiger partial charge is 0.347 e. The minimum absolute atomic E-state index is 0.179. The summed E-state index contributed by atoms with van der Waals surface area (Å²) in [7, 11) is 0. The molecule has 3 atom stereocenters. The molecule has 2 rings (SSSR count). The second-order valence-electron chi connectivity index (χ2n) is 2.57. The molecular weight excluding hydrogens is 104 g/mol. The monoisotopic (exact) mass is 114 g/mol. The maximum atomic E-state index is 5.34. The van der Waals surface area contributed by atoms with E-state index in [1.165, 1.54) is 12.8 Å². The van der Waals surface area contributed by atoms with Gasteiger partial charge in [0.05, 0.1) is 6.10 Å². The summed E-state index contributed by atoms with van der Waals surface area (Å²) in [6, 6.07) is 0. The SMILES string of the molecule is C[C@@H]1CCC2OC2O1. The first-order valence-electron chi connectivity index (χ1n) is 3.17. The molecule has 2 aliphatic heterocycles. The Bertz CT molecular complexity index is 103. The highest BCUT2D eigenvalue weighted by Crippen LogP contribution is 2.34. The van der Waals surface area contributed by atoms with Crippen LogP contribution < -0.4 is 0 Å². The molecule has 2 fully saturated rings. The molecule has 2 saturated heterocycles. The number of hydrogen-bond acceptors (Lipinski definition) is 2. The van der Waals surface area contributed by atoms with E-state index in [2.05, 4.69) is 6.92 Å². The quantitative estimate of drug-likeness (QED) is 0.436. The van der Waals surface area contributed by atoms with E-state index in [0.29, 0.717) is 12.2 Å². The summed E-state index contributed by atoms with van der Waals surface area (Å²) >= 11 is 0. The van der Waals surface area contributed by atoms with Gasteiger partial charge < -0.3 is 9.47 Å². The van der Waals surface area contributed by atoms with Crippen molar-refractivity contribution in [1.29, 1.82) is 0 Å². The van der Waals surface area contributed by atoms with Gasteiger partial charge in [-0.25, -0.2) is 0 Å². The molecule has 0 aliphatic carbocycles. The number of rotatable bonds is 0. The zero-order valence-corrected chi connectivity index (χ0v) is 4.96. The van der Waals surface area contributed by atoms with Gasteiger partial charge in [-0.2, -0.15) is 0 Å². The fraction of sp³-hybridized carbons (Fsp3) is 1.00. The van der Waals surface area contributed by atoms with Crippen LogP contribution in [0.3, 0.4) is 0 Å². The van der Waals surface area contributed by atoms with E-state index in [4.69, 9.17) is 9.47 Å². The maximum absolute atomic E-state index is 5.34. The van der Waals surface area contributed by atoms with E-state index in [-0.39, 0.29) is 6.29 Å². The van der Waals surface area contributed by atoms with Gasteiger partial charge in [-0.15, -0.1) is 0 Å². The first-order chi connectivity index (χ1) is 3.86. The normalized spacial score (nSPS) is 52.9. The van der Waals surface area contributed by atoms with Gasteiger partial charge >= 0.3 is 0 Å². The van der Waals surface area contributed by atoms with Crippen LogP contribution in [0.2, 0.25) is 0 Å². The van der Waals surface area contributed by atoms with Crippen molar-refractivity contribution in [1.82, 2.24) is 0 Å². The molecule has 0 aromatic heterocycles. The topological polar surface area (TPSA) is 21.8 Å². The summed E-state index contributed by atoms with van der Waals surface area (Å²) in [6.07, 6.45) is 3.44. The van der Waals surface area contributed by atoms with E-state index < -0.39 is 0 Å². The zero-order chi connectivity index (χ0) is 5.56. The average molecular weight is 114 g/mol. The fourth-order valence-corrected chi connectivity index (χ4v) is 1.15. The molecule has 0 N–H and O–H groups in total. The van der Waals surface area contributed by atoms with E-state index in [1.807, 2.05) is 0 Å². The Hall–Kier alpha value is -0.0800. The minimum atomic E-state index is 0.179. The molecule has 0 saturated carbocycles. The van der Waals surface area contributed by atoms with E-state index in [0.717, 1.165) is 0 Å². The lowest BCUT2D eigenvalue weighted by Gasteiger charge is -2.13. The Morgan fingerprint density at radius 2 is 2.12 bits per heavy atom. The van der Waals surface area contributed by atoms with Crippen LogP contribution >= 0.6 is 0 Å². The lowest BCUT2D eigenvalue weighted by Crippen LogP contribution is -2.18. The van der Waals surface area contributed by atoms with Crippen LogP contribution in [0.25, 0.3) is 0 Å².